The molecule has 0 unspecified atom stereocenters. The van der Waals surface area contributed by atoms with Gasteiger partial charge < -0.3 is 14.8 Å². The number of pyridine rings is 1. The molecule has 1 N–H and O–H groups in total. The van der Waals surface area contributed by atoms with Gasteiger partial charge in [0.25, 0.3) is 11.5 Å². The van der Waals surface area contributed by atoms with Gasteiger partial charge in [-0.3, -0.25) is 9.59 Å². The molecular weight excluding hydrogens is 206 g/mol. The summed E-state index contributed by atoms with van der Waals surface area (Å²) in [5, 5.41) is 2.76. The number of amides is 1. The number of carbonyl (C=O) groups excluding carboxylic acids is 1. The molecule has 1 aromatic heterocycles. The SMILES string of the molecule is CN(C)CCNC(=O)c1cccc(=O)n1C. The normalized spacial score (nSPS) is 10.5. The molecule has 0 spiro atoms. The summed E-state index contributed by atoms with van der Waals surface area (Å²) in [6.45, 7) is 1.33. The Morgan fingerprint density at radius 1 is 1.44 bits per heavy atom. The lowest BCUT2D eigenvalue weighted by molar-refractivity contribution is 0.0941. The molecule has 88 valence electrons. The summed E-state index contributed by atoms with van der Waals surface area (Å²) in [7, 11) is 5.46. The lowest BCUT2D eigenvalue weighted by atomic mass is 10.3. The number of carbonyl (C=O) groups is 1. The molecule has 0 aliphatic carbocycles. The van der Waals surface area contributed by atoms with Crippen LogP contribution in [-0.2, 0) is 7.05 Å². The number of likely N-dealkylation sites (N-methyl/N-ethyl adjacent to an activating group) is 1. The molecule has 1 heterocycles. The van der Waals surface area contributed by atoms with E-state index in [1.807, 2.05) is 19.0 Å². The maximum absolute atomic E-state index is 11.7. The summed E-state index contributed by atoms with van der Waals surface area (Å²) in [6, 6.07) is 4.65. The zero-order chi connectivity index (χ0) is 12.1. The van der Waals surface area contributed by atoms with E-state index in [2.05, 4.69) is 5.32 Å². The smallest absolute Gasteiger partial charge is 0.268 e. The molecular formula is C11H17N3O2. The first kappa shape index (κ1) is 12.4. The highest BCUT2D eigenvalue weighted by Gasteiger charge is 2.08. The first-order chi connectivity index (χ1) is 7.52. The van der Waals surface area contributed by atoms with Gasteiger partial charge >= 0.3 is 0 Å². The van der Waals surface area contributed by atoms with Crippen LogP contribution in [0.2, 0.25) is 0 Å². The van der Waals surface area contributed by atoms with Crippen LogP contribution in [0.4, 0.5) is 0 Å². The molecule has 5 heteroatoms. The number of hydrogen-bond donors (Lipinski definition) is 1. The summed E-state index contributed by atoms with van der Waals surface area (Å²) in [5.74, 6) is -0.220. The summed E-state index contributed by atoms with van der Waals surface area (Å²) in [6.07, 6.45) is 0. The maximum Gasteiger partial charge on any atom is 0.268 e. The molecule has 1 aromatic rings. The largest absolute Gasteiger partial charge is 0.349 e. The average Bonchev–Trinajstić information content (AvgIpc) is 2.21. The fourth-order valence-electron chi connectivity index (χ4n) is 1.28. The lowest BCUT2D eigenvalue weighted by Crippen LogP contribution is -2.34. The van der Waals surface area contributed by atoms with Crippen molar-refractivity contribution in [3.63, 3.8) is 0 Å². The molecule has 0 atom stereocenters. The molecule has 16 heavy (non-hydrogen) atoms. The van der Waals surface area contributed by atoms with E-state index in [1.54, 1.807) is 19.2 Å². The van der Waals surface area contributed by atoms with Crippen LogP contribution in [0.3, 0.4) is 0 Å². The Bertz CT molecular complexity index is 423. The van der Waals surface area contributed by atoms with Crippen LogP contribution in [-0.4, -0.2) is 42.6 Å². The average molecular weight is 223 g/mol. The molecule has 0 aromatic carbocycles. The Balaban J connectivity index is 2.67. The van der Waals surface area contributed by atoms with E-state index in [-0.39, 0.29) is 11.5 Å². The highest BCUT2D eigenvalue weighted by atomic mass is 16.2. The summed E-state index contributed by atoms with van der Waals surface area (Å²) in [4.78, 5) is 25.0. The number of aromatic nitrogens is 1. The van der Waals surface area contributed by atoms with Gasteiger partial charge in [0.15, 0.2) is 0 Å². The number of hydrogen-bond acceptors (Lipinski definition) is 3. The van der Waals surface area contributed by atoms with Crippen molar-refractivity contribution in [3.05, 3.63) is 34.2 Å². The second kappa shape index (κ2) is 5.46. The number of rotatable bonds is 4. The van der Waals surface area contributed by atoms with Crippen LogP contribution < -0.4 is 10.9 Å². The van der Waals surface area contributed by atoms with E-state index in [1.165, 1.54) is 10.6 Å². The predicted octanol–water partition coefficient (Wildman–Crippen LogP) is -0.323. The van der Waals surface area contributed by atoms with Crippen molar-refractivity contribution in [2.45, 2.75) is 0 Å². The van der Waals surface area contributed by atoms with Gasteiger partial charge in [0.05, 0.1) is 0 Å². The molecule has 5 nitrogen and oxygen atoms in total. The summed E-state index contributed by atoms with van der Waals surface area (Å²) in [5.41, 5.74) is 0.200. The van der Waals surface area contributed by atoms with Crippen LogP contribution in [0.15, 0.2) is 23.0 Å². The minimum atomic E-state index is -0.220. The standard InChI is InChI=1S/C11H17N3O2/c1-13(2)8-7-12-11(16)9-5-4-6-10(15)14(9)3/h4-6H,7-8H2,1-3H3,(H,12,16). The van der Waals surface area contributed by atoms with Crippen LogP contribution in [0.1, 0.15) is 10.5 Å². The van der Waals surface area contributed by atoms with Gasteiger partial charge in [-0.2, -0.15) is 0 Å². The molecule has 0 fully saturated rings. The minimum absolute atomic E-state index is 0.180. The Morgan fingerprint density at radius 3 is 2.75 bits per heavy atom. The van der Waals surface area contributed by atoms with Crippen LogP contribution >= 0.6 is 0 Å². The molecule has 0 saturated heterocycles. The van der Waals surface area contributed by atoms with Crippen molar-refractivity contribution in [1.29, 1.82) is 0 Å². The molecule has 0 bridgehead atoms. The quantitative estimate of drug-likeness (QED) is 0.761. The van der Waals surface area contributed by atoms with E-state index in [4.69, 9.17) is 0 Å². The fraction of sp³-hybridized carbons (Fsp3) is 0.455. The predicted molar refractivity (Wildman–Crippen MR) is 62.6 cm³/mol. The molecule has 1 amide bonds. The lowest BCUT2D eigenvalue weighted by Gasteiger charge is -2.11. The van der Waals surface area contributed by atoms with Gasteiger partial charge in [0.2, 0.25) is 0 Å². The topological polar surface area (TPSA) is 54.3 Å². The van der Waals surface area contributed by atoms with Gasteiger partial charge in [0.1, 0.15) is 5.69 Å². The van der Waals surface area contributed by atoms with Gasteiger partial charge in [-0.05, 0) is 20.2 Å². The highest BCUT2D eigenvalue weighted by Crippen LogP contribution is 1.93. The second-order valence-corrected chi connectivity index (χ2v) is 3.87. The van der Waals surface area contributed by atoms with Gasteiger partial charge in [-0.15, -0.1) is 0 Å². The fourth-order valence-corrected chi connectivity index (χ4v) is 1.28. The van der Waals surface area contributed by atoms with E-state index in [0.717, 1.165) is 6.54 Å². The van der Waals surface area contributed by atoms with Gasteiger partial charge in [-0.1, -0.05) is 6.07 Å². The summed E-state index contributed by atoms with van der Waals surface area (Å²) < 4.78 is 1.34. The van der Waals surface area contributed by atoms with Crippen molar-refractivity contribution in [2.75, 3.05) is 27.2 Å². The number of nitrogens with zero attached hydrogens (tertiary/aromatic N) is 2. The van der Waals surface area contributed by atoms with E-state index < -0.39 is 0 Å². The zero-order valence-corrected chi connectivity index (χ0v) is 9.86. The first-order valence-corrected chi connectivity index (χ1v) is 5.11. The monoisotopic (exact) mass is 223 g/mol. The van der Waals surface area contributed by atoms with Crippen LogP contribution in [0.5, 0.6) is 0 Å². The highest BCUT2D eigenvalue weighted by molar-refractivity contribution is 5.92. The Kier molecular flexibility index (Phi) is 4.25. The van der Waals surface area contributed by atoms with Crippen molar-refractivity contribution in [1.82, 2.24) is 14.8 Å². The Morgan fingerprint density at radius 2 is 2.12 bits per heavy atom. The van der Waals surface area contributed by atoms with E-state index in [9.17, 15) is 9.59 Å². The van der Waals surface area contributed by atoms with Crippen molar-refractivity contribution < 1.29 is 4.79 Å². The minimum Gasteiger partial charge on any atom is -0.349 e. The van der Waals surface area contributed by atoms with Crippen molar-refractivity contribution in [3.8, 4) is 0 Å². The van der Waals surface area contributed by atoms with Gasteiger partial charge in [-0.25, -0.2) is 0 Å². The first-order valence-electron chi connectivity index (χ1n) is 5.11. The molecule has 0 aliphatic rings. The van der Waals surface area contributed by atoms with Crippen LogP contribution in [0, 0.1) is 0 Å². The van der Waals surface area contributed by atoms with Crippen LogP contribution in [0.25, 0.3) is 0 Å². The molecule has 0 radical (unpaired) electrons. The third-order valence-corrected chi connectivity index (χ3v) is 2.26. The molecule has 0 saturated carbocycles. The Labute approximate surface area is 94.7 Å². The number of nitrogens with one attached hydrogen (secondary N) is 1. The molecule has 0 aliphatic heterocycles. The molecule has 1 rings (SSSR count). The zero-order valence-electron chi connectivity index (χ0n) is 9.86. The maximum atomic E-state index is 11.7. The van der Waals surface area contributed by atoms with Gasteiger partial charge in [0, 0.05) is 26.2 Å². The van der Waals surface area contributed by atoms with E-state index >= 15 is 0 Å². The second-order valence-electron chi connectivity index (χ2n) is 3.87. The Hall–Kier alpha value is -1.62. The van der Waals surface area contributed by atoms with Crippen molar-refractivity contribution >= 4 is 5.91 Å². The van der Waals surface area contributed by atoms with E-state index in [0.29, 0.717) is 12.2 Å². The summed E-state index contributed by atoms with van der Waals surface area (Å²) >= 11 is 0. The third-order valence-electron chi connectivity index (χ3n) is 2.26. The third kappa shape index (κ3) is 3.20. The van der Waals surface area contributed by atoms with Crippen molar-refractivity contribution in [2.24, 2.45) is 7.05 Å².